The molecule has 0 radical (unpaired) electrons. The minimum Gasteiger partial charge on any atom is -0.370 e. The maximum absolute atomic E-state index is 5.80. The van der Waals surface area contributed by atoms with Crippen molar-refractivity contribution in [1.29, 1.82) is 0 Å². The Morgan fingerprint density at radius 1 is 1.29 bits per heavy atom. The van der Waals surface area contributed by atoms with Crippen LogP contribution in [0.2, 0.25) is 5.02 Å². The minimum absolute atomic E-state index is 0.605. The van der Waals surface area contributed by atoms with Crippen LogP contribution < -0.4 is 5.32 Å². The Morgan fingerprint density at radius 2 is 2.12 bits per heavy atom. The van der Waals surface area contributed by atoms with E-state index in [4.69, 9.17) is 11.6 Å². The van der Waals surface area contributed by atoms with Crippen LogP contribution in [-0.4, -0.2) is 21.5 Å². The van der Waals surface area contributed by atoms with Gasteiger partial charge in [-0.1, -0.05) is 11.6 Å². The summed E-state index contributed by atoms with van der Waals surface area (Å²) in [5.74, 6) is 1.42. The number of nitrogens with one attached hydrogen (secondary N) is 1. The maximum atomic E-state index is 5.80. The van der Waals surface area contributed by atoms with Crippen LogP contribution in [-0.2, 0) is 0 Å². The zero-order chi connectivity index (χ0) is 12.3. The number of aromatic nitrogens is 3. The van der Waals surface area contributed by atoms with Gasteiger partial charge in [0.05, 0.1) is 5.02 Å². The molecule has 0 aliphatic rings. The summed E-state index contributed by atoms with van der Waals surface area (Å²) in [6, 6.07) is 5.50. The number of hydrogen-bond acceptors (Lipinski definition) is 4. The lowest BCUT2D eigenvalue weighted by Gasteiger charge is -2.06. The molecule has 0 atom stereocenters. The lowest BCUT2D eigenvalue weighted by Crippen LogP contribution is -2.03. The molecule has 0 spiro atoms. The first-order valence-electron chi connectivity index (χ1n) is 5.40. The van der Waals surface area contributed by atoms with E-state index in [9.17, 15) is 0 Å². The van der Waals surface area contributed by atoms with E-state index in [0.717, 1.165) is 23.8 Å². The van der Waals surface area contributed by atoms with Crippen molar-refractivity contribution in [2.45, 2.75) is 13.8 Å². The Balaban J connectivity index is 2.40. The Bertz CT molecular complexity index is 510. The van der Waals surface area contributed by atoms with Crippen molar-refractivity contribution in [2.24, 2.45) is 0 Å². The van der Waals surface area contributed by atoms with Gasteiger partial charge in [0, 0.05) is 24.5 Å². The molecule has 5 heteroatoms. The first-order chi connectivity index (χ1) is 8.19. The average Bonchev–Trinajstić information content (AvgIpc) is 2.29. The van der Waals surface area contributed by atoms with Gasteiger partial charge in [0.25, 0.3) is 0 Å². The number of rotatable bonds is 3. The highest BCUT2D eigenvalue weighted by atomic mass is 35.5. The quantitative estimate of drug-likeness (QED) is 0.907. The average molecular weight is 249 g/mol. The Hall–Kier alpha value is -1.68. The van der Waals surface area contributed by atoms with Gasteiger partial charge in [-0.05, 0) is 26.0 Å². The highest BCUT2D eigenvalue weighted by Crippen LogP contribution is 2.17. The van der Waals surface area contributed by atoms with Crippen LogP contribution in [0.1, 0.15) is 12.6 Å². The van der Waals surface area contributed by atoms with Gasteiger partial charge in [-0.3, -0.25) is 4.98 Å². The summed E-state index contributed by atoms with van der Waals surface area (Å²) >= 11 is 5.80. The third-order valence-corrected chi connectivity index (χ3v) is 2.39. The molecule has 0 aromatic carbocycles. The van der Waals surface area contributed by atoms with Crippen molar-refractivity contribution in [3.63, 3.8) is 0 Å². The summed E-state index contributed by atoms with van der Waals surface area (Å²) in [5, 5.41) is 3.77. The zero-order valence-corrected chi connectivity index (χ0v) is 10.5. The second kappa shape index (κ2) is 5.10. The van der Waals surface area contributed by atoms with Gasteiger partial charge < -0.3 is 5.32 Å². The molecule has 2 aromatic rings. The van der Waals surface area contributed by atoms with Gasteiger partial charge in [-0.2, -0.15) is 0 Å². The topological polar surface area (TPSA) is 50.7 Å². The van der Waals surface area contributed by atoms with Gasteiger partial charge >= 0.3 is 0 Å². The molecule has 0 amide bonds. The number of aryl methyl sites for hydroxylation is 1. The van der Waals surface area contributed by atoms with E-state index in [1.165, 1.54) is 0 Å². The summed E-state index contributed by atoms with van der Waals surface area (Å²) in [4.78, 5) is 13.0. The number of nitrogens with zero attached hydrogens (tertiary/aromatic N) is 3. The molecule has 1 N–H and O–H groups in total. The fourth-order valence-corrected chi connectivity index (χ4v) is 1.57. The third kappa shape index (κ3) is 2.91. The van der Waals surface area contributed by atoms with Crippen molar-refractivity contribution >= 4 is 17.4 Å². The first-order valence-corrected chi connectivity index (χ1v) is 5.78. The second-order valence-corrected chi connectivity index (χ2v) is 4.05. The van der Waals surface area contributed by atoms with Crippen LogP contribution in [0.15, 0.2) is 24.4 Å². The molecule has 0 unspecified atom stereocenters. The van der Waals surface area contributed by atoms with Crippen molar-refractivity contribution in [3.05, 3.63) is 35.1 Å². The van der Waals surface area contributed by atoms with Crippen LogP contribution in [0.4, 0.5) is 5.82 Å². The maximum Gasteiger partial charge on any atom is 0.180 e. The predicted molar refractivity (Wildman–Crippen MR) is 69.2 cm³/mol. The van der Waals surface area contributed by atoms with Gasteiger partial charge in [0.1, 0.15) is 11.5 Å². The van der Waals surface area contributed by atoms with E-state index in [-0.39, 0.29) is 0 Å². The van der Waals surface area contributed by atoms with Crippen LogP contribution in [0.25, 0.3) is 11.5 Å². The summed E-state index contributed by atoms with van der Waals surface area (Å²) in [6.07, 6.45) is 1.59. The van der Waals surface area contributed by atoms with Crippen LogP contribution >= 0.6 is 11.6 Å². The van der Waals surface area contributed by atoms with Gasteiger partial charge in [-0.15, -0.1) is 0 Å². The van der Waals surface area contributed by atoms with Gasteiger partial charge in [-0.25, -0.2) is 9.97 Å². The molecular formula is C12H13ClN4. The molecule has 0 aliphatic carbocycles. The second-order valence-electron chi connectivity index (χ2n) is 3.61. The number of hydrogen-bond donors (Lipinski definition) is 1. The third-order valence-electron chi connectivity index (χ3n) is 2.17. The molecule has 2 heterocycles. The lowest BCUT2D eigenvalue weighted by atomic mass is 10.3. The van der Waals surface area contributed by atoms with Gasteiger partial charge in [0.2, 0.25) is 0 Å². The van der Waals surface area contributed by atoms with Crippen molar-refractivity contribution < 1.29 is 0 Å². The number of pyridine rings is 1. The monoisotopic (exact) mass is 248 g/mol. The molecule has 0 saturated carbocycles. The fraction of sp³-hybridized carbons (Fsp3) is 0.250. The van der Waals surface area contributed by atoms with Crippen molar-refractivity contribution in [1.82, 2.24) is 15.0 Å². The summed E-state index contributed by atoms with van der Waals surface area (Å²) in [7, 11) is 0. The molecule has 4 nitrogen and oxygen atoms in total. The largest absolute Gasteiger partial charge is 0.370 e. The molecule has 88 valence electrons. The predicted octanol–water partition coefficient (Wildman–Crippen LogP) is 2.93. The zero-order valence-electron chi connectivity index (χ0n) is 9.74. The summed E-state index contributed by atoms with van der Waals surface area (Å²) < 4.78 is 0. The lowest BCUT2D eigenvalue weighted by molar-refractivity contribution is 1.07. The molecule has 17 heavy (non-hydrogen) atoms. The highest BCUT2D eigenvalue weighted by Gasteiger charge is 2.05. The van der Waals surface area contributed by atoms with Crippen molar-refractivity contribution in [2.75, 3.05) is 11.9 Å². The van der Waals surface area contributed by atoms with Crippen LogP contribution in [0, 0.1) is 6.92 Å². The highest BCUT2D eigenvalue weighted by molar-refractivity contribution is 6.30. The first kappa shape index (κ1) is 11.8. The Labute approximate surface area is 105 Å². The minimum atomic E-state index is 0.605. The molecule has 0 saturated heterocycles. The number of halogens is 1. The van der Waals surface area contributed by atoms with Crippen molar-refractivity contribution in [3.8, 4) is 11.5 Å². The molecule has 0 bridgehead atoms. The van der Waals surface area contributed by atoms with E-state index in [1.807, 2.05) is 26.0 Å². The molecule has 0 fully saturated rings. The van der Waals surface area contributed by atoms with E-state index in [2.05, 4.69) is 20.3 Å². The fourth-order valence-electron chi connectivity index (χ4n) is 1.46. The Morgan fingerprint density at radius 3 is 2.76 bits per heavy atom. The molecule has 2 rings (SSSR count). The standard InChI is InChI=1S/C12H13ClN4/c1-3-14-11-6-8(2)16-12(17-11)10-5-4-9(13)7-15-10/h4-7H,3H2,1-2H3,(H,14,16,17). The van der Waals surface area contributed by atoms with E-state index < -0.39 is 0 Å². The molecule has 0 aliphatic heterocycles. The smallest absolute Gasteiger partial charge is 0.180 e. The van der Waals surface area contributed by atoms with Crippen LogP contribution in [0.5, 0.6) is 0 Å². The normalized spacial score (nSPS) is 10.3. The molecule has 2 aromatic heterocycles. The van der Waals surface area contributed by atoms with Crippen LogP contribution in [0.3, 0.4) is 0 Å². The summed E-state index contributed by atoms with van der Waals surface area (Å²) in [5.41, 5.74) is 1.62. The van der Waals surface area contributed by atoms with E-state index in [0.29, 0.717) is 10.8 Å². The number of anilines is 1. The van der Waals surface area contributed by atoms with E-state index in [1.54, 1.807) is 12.3 Å². The van der Waals surface area contributed by atoms with Gasteiger partial charge in [0.15, 0.2) is 5.82 Å². The van der Waals surface area contributed by atoms with E-state index >= 15 is 0 Å². The SMILES string of the molecule is CCNc1cc(C)nc(-c2ccc(Cl)cn2)n1. The molecular weight excluding hydrogens is 236 g/mol. The summed E-state index contributed by atoms with van der Waals surface area (Å²) in [6.45, 7) is 4.78. The Kier molecular flexibility index (Phi) is 3.54.